The Labute approximate surface area is 95.6 Å². The van der Waals surface area contributed by atoms with Crippen LogP contribution in [0.5, 0.6) is 0 Å². The lowest BCUT2D eigenvalue weighted by molar-refractivity contribution is 0.0501. The van der Waals surface area contributed by atoms with Gasteiger partial charge in [0.2, 0.25) is 0 Å². The summed E-state index contributed by atoms with van der Waals surface area (Å²) >= 11 is 0. The van der Waals surface area contributed by atoms with Gasteiger partial charge >= 0.3 is 5.97 Å². The lowest BCUT2D eigenvalue weighted by Crippen LogP contribution is -2.11. The van der Waals surface area contributed by atoms with Crippen LogP contribution in [0.4, 0.5) is 11.4 Å². The molecule has 4 nitrogen and oxygen atoms in total. The van der Waals surface area contributed by atoms with Crippen LogP contribution < -0.4 is 11.5 Å². The van der Waals surface area contributed by atoms with Crippen LogP contribution in [-0.4, -0.2) is 12.6 Å². The highest BCUT2D eigenvalue weighted by Gasteiger charge is 2.13. The fourth-order valence-corrected chi connectivity index (χ4v) is 1.38. The number of ether oxygens (including phenoxy) is 1. The summed E-state index contributed by atoms with van der Waals surface area (Å²) in [6.45, 7) is 4.31. The number of carbonyl (C=O) groups excluding carboxylic acids is 1. The van der Waals surface area contributed by atoms with Gasteiger partial charge in [-0.1, -0.05) is 13.3 Å². The van der Waals surface area contributed by atoms with Crippen LogP contribution in [0.2, 0.25) is 0 Å². The number of hydrogen-bond donors (Lipinski definition) is 2. The van der Waals surface area contributed by atoms with E-state index in [0.29, 0.717) is 23.5 Å². The van der Waals surface area contributed by atoms with Crippen LogP contribution in [0.25, 0.3) is 0 Å². The number of aryl methyl sites for hydroxylation is 1. The molecule has 0 atom stereocenters. The number of esters is 1. The minimum atomic E-state index is -0.402. The highest BCUT2D eigenvalue weighted by atomic mass is 16.5. The third-order valence-corrected chi connectivity index (χ3v) is 2.31. The van der Waals surface area contributed by atoms with Crippen LogP contribution in [0, 0.1) is 6.92 Å². The van der Waals surface area contributed by atoms with E-state index in [0.717, 1.165) is 18.4 Å². The van der Waals surface area contributed by atoms with Gasteiger partial charge in [-0.15, -0.1) is 0 Å². The normalized spacial score (nSPS) is 10.1. The van der Waals surface area contributed by atoms with Gasteiger partial charge in [-0.3, -0.25) is 0 Å². The lowest BCUT2D eigenvalue weighted by atomic mass is 10.1. The fourth-order valence-electron chi connectivity index (χ4n) is 1.38. The molecular weight excluding hydrogens is 204 g/mol. The largest absolute Gasteiger partial charge is 0.462 e. The SMILES string of the molecule is CCCCOC(=O)c1cc(C)cc(N)c1N. The van der Waals surface area contributed by atoms with Crippen LogP contribution in [0.1, 0.15) is 35.7 Å². The van der Waals surface area contributed by atoms with Gasteiger partial charge in [0, 0.05) is 0 Å². The second kappa shape index (κ2) is 5.39. The molecule has 0 radical (unpaired) electrons. The minimum absolute atomic E-state index is 0.298. The van der Waals surface area contributed by atoms with Gasteiger partial charge in [-0.25, -0.2) is 4.79 Å². The van der Waals surface area contributed by atoms with Crippen molar-refractivity contribution in [3.63, 3.8) is 0 Å². The zero-order valence-electron chi connectivity index (χ0n) is 9.75. The minimum Gasteiger partial charge on any atom is -0.462 e. The van der Waals surface area contributed by atoms with E-state index in [9.17, 15) is 4.79 Å². The van der Waals surface area contributed by atoms with E-state index in [1.54, 1.807) is 12.1 Å². The first-order valence-electron chi connectivity index (χ1n) is 5.39. The molecule has 1 rings (SSSR count). The summed E-state index contributed by atoms with van der Waals surface area (Å²) in [5.41, 5.74) is 13.4. The van der Waals surface area contributed by atoms with Gasteiger partial charge in [-0.05, 0) is 31.0 Å². The standard InChI is InChI=1S/C12H18N2O2/c1-3-4-5-16-12(15)9-6-8(2)7-10(13)11(9)14/h6-7H,3-5,13-14H2,1-2H3. The molecule has 1 aromatic carbocycles. The molecule has 0 heterocycles. The number of nitrogens with two attached hydrogens (primary N) is 2. The van der Waals surface area contributed by atoms with Gasteiger partial charge < -0.3 is 16.2 Å². The van der Waals surface area contributed by atoms with Crippen molar-refractivity contribution in [1.29, 1.82) is 0 Å². The molecule has 88 valence electrons. The van der Waals surface area contributed by atoms with Gasteiger partial charge in [0.25, 0.3) is 0 Å². The summed E-state index contributed by atoms with van der Waals surface area (Å²) in [4.78, 5) is 11.7. The van der Waals surface area contributed by atoms with E-state index in [1.165, 1.54) is 0 Å². The Kier molecular flexibility index (Phi) is 4.17. The number of unbranched alkanes of at least 4 members (excludes halogenated alkanes) is 1. The van der Waals surface area contributed by atoms with Gasteiger partial charge in [-0.2, -0.15) is 0 Å². The molecule has 0 aromatic heterocycles. The van der Waals surface area contributed by atoms with Gasteiger partial charge in [0.05, 0.1) is 23.5 Å². The quantitative estimate of drug-likeness (QED) is 0.464. The molecule has 0 bridgehead atoms. The molecular formula is C12H18N2O2. The van der Waals surface area contributed by atoms with E-state index in [2.05, 4.69) is 0 Å². The van der Waals surface area contributed by atoms with Crippen molar-refractivity contribution in [1.82, 2.24) is 0 Å². The molecule has 0 fully saturated rings. The molecule has 0 saturated carbocycles. The molecule has 0 unspecified atom stereocenters. The first-order valence-corrected chi connectivity index (χ1v) is 5.39. The van der Waals surface area contributed by atoms with Crippen LogP contribution in [-0.2, 0) is 4.74 Å². The highest BCUT2D eigenvalue weighted by molar-refractivity contribution is 5.98. The Morgan fingerprint density at radius 3 is 2.69 bits per heavy atom. The molecule has 0 aliphatic heterocycles. The fraction of sp³-hybridized carbons (Fsp3) is 0.417. The number of rotatable bonds is 4. The van der Waals surface area contributed by atoms with E-state index >= 15 is 0 Å². The predicted molar refractivity (Wildman–Crippen MR) is 65.2 cm³/mol. The number of benzene rings is 1. The molecule has 1 aromatic rings. The van der Waals surface area contributed by atoms with Crippen molar-refractivity contribution in [2.75, 3.05) is 18.1 Å². The Bertz CT molecular complexity index is 389. The van der Waals surface area contributed by atoms with Crippen LogP contribution in [0.15, 0.2) is 12.1 Å². The maximum absolute atomic E-state index is 11.7. The van der Waals surface area contributed by atoms with Crippen molar-refractivity contribution < 1.29 is 9.53 Å². The average molecular weight is 222 g/mol. The zero-order valence-corrected chi connectivity index (χ0v) is 9.75. The Morgan fingerprint density at radius 2 is 2.06 bits per heavy atom. The maximum atomic E-state index is 11.7. The van der Waals surface area contributed by atoms with Gasteiger partial charge in [0.15, 0.2) is 0 Å². The summed E-state index contributed by atoms with van der Waals surface area (Å²) in [6, 6.07) is 3.43. The van der Waals surface area contributed by atoms with E-state index in [-0.39, 0.29) is 0 Å². The maximum Gasteiger partial charge on any atom is 0.340 e. The second-order valence-corrected chi connectivity index (χ2v) is 3.80. The first kappa shape index (κ1) is 12.4. The molecule has 4 N–H and O–H groups in total. The second-order valence-electron chi connectivity index (χ2n) is 3.80. The van der Waals surface area contributed by atoms with Crippen molar-refractivity contribution in [2.24, 2.45) is 0 Å². The van der Waals surface area contributed by atoms with Crippen LogP contribution >= 0.6 is 0 Å². The van der Waals surface area contributed by atoms with E-state index in [4.69, 9.17) is 16.2 Å². The molecule has 0 aliphatic rings. The Hall–Kier alpha value is -1.71. The molecule has 0 saturated heterocycles. The highest BCUT2D eigenvalue weighted by Crippen LogP contribution is 2.22. The summed E-state index contributed by atoms with van der Waals surface area (Å²) in [5.74, 6) is -0.402. The monoisotopic (exact) mass is 222 g/mol. The van der Waals surface area contributed by atoms with E-state index < -0.39 is 5.97 Å². The number of nitrogen functional groups attached to an aromatic ring is 2. The van der Waals surface area contributed by atoms with Crippen LogP contribution in [0.3, 0.4) is 0 Å². The Morgan fingerprint density at radius 1 is 1.38 bits per heavy atom. The zero-order chi connectivity index (χ0) is 12.1. The summed E-state index contributed by atoms with van der Waals surface area (Å²) in [7, 11) is 0. The number of hydrogen-bond acceptors (Lipinski definition) is 4. The topological polar surface area (TPSA) is 78.3 Å². The Balaban J connectivity index is 2.82. The van der Waals surface area contributed by atoms with E-state index in [1.807, 2.05) is 13.8 Å². The summed E-state index contributed by atoms with van der Waals surface area (Å²) in [6.07, 6.45) is 1.84. The molecule has 0 aliphatic carbocycles. The molecule has 4 heteroatoms. The van der Waals surface area contributed by atoms with Crippen molar-refractivity contribution in [3.8, 4) is 0 Å². The summed E-state index contributed by atoms with van der Waals surface area (Å²) < 4.78 is 5.08. The molecule has 16 heavy (non-hydrogen) atoms. The molecule has 0 amide bonds. The molecule has 0 spiro atoms. The third-order valence-electron chi connectivity index (χ3n) is 2.31. The van der Waals surface area contributed by atoms with Crippen molar-refractivity contribution >= 4 is 17.3 Å². The van der Waals surface area contributed by atoms with Gasteiger partial charge in [0.1, 0.15) is 0 Å². The van der Waals surface area contributed by atoms with Crippen molar-refractivity contribution in [3.05, 3.63) is 23.3 Å². The predicted octanol–water partition coefficient (Wildman–Crippen LogP) is 2.12. The average Bonchev–Trinajstić information content (AvgIpc) is 2.23. The number of carbonyl (C=O) groups is 1. The van der Waals surface area contributed by atoms with Crippen molar-refractivity contribution in [2.45, 2.75) is 26.7 Å². The summed E-state index contributed by atoms with van der Waals surface area (Å²) in [5, 5.41) is 0. The smallest absolute Gasteiger partial charge is 0.340 e. The third kappa shape index (κ3) is 2.89. The lowest BCUT2D eigenvalue weighted by Gasteiger charge is -2.09. The first-order chi connectivity index (χ1) is 7.56. The number of anilines is 2.